The van der Waals surface area contributed by atoms with E-state index in [0.29, 0.717) is 5.91 Å². The normalized spacial score (nSPS) is 29.4. The molecule has 1 saturated heterocycles. The van der Waals surface area contributed by atoms with Crippen molar-refractivity contribution in [2.45, 2.75) is 32.1 Å². The molecule has 10 heavy (non-hydrogen) atoms. The van der Waals surface area contributed by atoms with Gasteiger partial charge in [0.05, 0.1) is 0 Å². The summed E-state index contributed by atoms with van der Waals surface area (Å²) in [5, 5.41) is 2.96. The summed E-state index contributed by atoms with van der Waals surface area (Å²) in [5.41, 5.74) is 0.122. The largest absolute Gasteiger partial charge is 0.356 e. The van der Waals surface area contributed by atoms with E-state index in [1.807, 2.05) is 0 Å². The molecule has 1 aliphatic heterocycles. The first-order valence-corrected chi connectivity index (χ1v) is 4.12. The highest BCUT2D eigenvalue weighted by atomic mass is 16.2. The van der Waals surface area contributed by atoms with Crippen LogP contribution in [0.25, 0.3) is 0 Å². The van der Waals surface area contributed by atoms with E-state index in [2.05, 4.69) is 5.32 Å². The summed E-state index contributed by atoms with van der Waals surface area (Å²) in [6.07, 6.45) is 5.82. The highest BCUT2D eigenvalue weighted by molar-refractivity contribution is 5.85. The molecule has 1 aliphatic carbocycles. The molecule has 2 aliphatic rings. The fraction of sp³-hybridized carbons (Fsp3) is 0.875. The molecule has 0 atom stereocenters. The Kier molecular flexibility index (Phi) is 1.22. The first kappa shape index (κ1) is 6.20. The van der Waals surface area contributed by atoms with Crippen molar-refractivity contribution in [1.82, 2.24) is 5.32 Å². The van der Waals surface area contributed by atoms with Crippen molar-refractivity contribution in [2.24, 2.45) is 5.41 Å². The molecule has 1 heterocycles. The average molecular weight is 139 g/mol. The van der Waals surface area contributed by atoms with Crippen LogP contribution in [0.15, 0.2) is 0 Å². The molecule has 2 heteroatoms. The van der Waals surface area contributed by atoms with E-state index < -0.39 is 0 Å². The van der Waals surface area contributed by atoms with Crippen LogP contribution < -0.4 is 5.32 Å². The van der Waals surface area contributed by atoms with Gasteiger partial charge in [0.25, 0.3) is 0 Å². The van der Waals surface area contributed by atoms with E-state index in [-0.39, 0.29) is 5.41 Å². The van der Waals surface area contributed by atoms with Gasteiger partial charge >= 0.3 is 0 Å². The van der Waals surface area contributed by atoms with Crippen molar-refractivity contribution in [3.63, 3.8) is 0 Å². The van der Waals surface area contributed by atoms with Crippen LogP contribution in [0.3, 0.4) is 0 Å². The Morgan fingerprint density at radius 2 is 2.00 bits per heavy atom. The predicted molar refractivity (Wildman–Crippen MR) is 38.5 cm³/mol. The maximum atomic E-state index is 11.3. The van der Waals surface area contributed by atoms with Gasteiger partial charge in [0.1, 0.15) is 0 Å². The monoisotopic (exact) mass is 139 g/mol. The highest BCUT2D eigenvalue weighted by Crippen LogP contribution is 2.50. The minimum Gasteiger partial charge on any atom is -0.356 e. The Labute approximate surface area is 61.0 Å². The zero-order chi connectivity index (χ0) is 7.03. The quantitative estimate of drug-likeness (QED) is 0.534. The number of hydrogen-bond donors (Lipinski definition) is 1. The second-order valence-electron chi connectivity index (χ2n) is 3.49. The van der Waals surface area contributed by atoms with Crippen LogP contribution in [0.5, 0.6) is 0 Å². The van der Waals surface area contributed by atoms with Gasteiger partial charge in [-0.25, -0.2) is 0 Å². The van der Waals surface area contributed by atoms with Gasteiger partial charge in [-0.2, -0.15) is 0 Å². The van der Waals surface area contributed by atoms with E-state index >= 15 is 0 Å². The Morgan fingerprint density at radius 3 is 2.70 bits per heavy atom. The number of hydrogen-bond acceptors (Lipinski definition) is 1. The van der Waals surface area contributed by atoms with Crippen LogP contribution in [-0.2, 0) is 4.79 Å². The van der Waals surface area contributed by atoms with Gasteiger partial charge in [-0.1, -0.05) is 6.42 Å². The summed E-state index contributed by atoms with van der Waals surface area (Å²) in [5.74, 6) is 0.324. The summed E-state index contributed by atoms with van der Waals surface area (Å²) in [6.45, 7) is 0.903. The van der Waals surface area contributed by atoms with Crippen molar-refractivity contribution in [2.75, 3.05) is 6.54 Å². The fourth-order valence-corrected chi connectivity index (χ4v) is 1.72. The lowest BCUT2D eigenvalue weighted by Crippen LogP contribution is -2.29. The Bertz CT molecular complexity index is 161. The molecular formula is C8H13NO. The third-order valence-corrected chi connectivity index (χ3v) is 2.70. The molecule has 1 saturated carbocycles. The summed E-state index contributed by atoms with van der Waals surface area (Å²) >= 11 is 0. The minimum absolute atomic E-state index is 0.122. The number of nitrogens with one attached hydrogen (secondary N) is 1. The van der Waals surface area contributed by atoms with Crippen LogP contribution in [0.4, 0.5) is 0 Å². The van der Waals surface area contributed by atoms with Gasteiger partial charge in [-0.15, -0.1) is 0 Å². The van der Waals surface area contributed by atoms with E-state index in [0.717, 1.165) is 25.8 Å². The van der Waals surface area contributed by atoms with Gasteiger partial charge in [-0.05, 0) is 25.7 Å². The summed E-state index contributed by atoms with van der Waals surface area (Å²) in [4.78, 5) is 11.3. The summed E-state index contributed by atoms with van der Waals surface area (Å²) in [6, 6.07) is 0. The van der Waals surface area contributed by atoms with Gasteiger partial charge in [0, 0.05) is 12.0 Å². The molecule has 56 valence electrons. The summed E-state index contributed by atoms with van der Waals surface area (Å²) < 4.78 is 0. The van der Waals surface area contributed by atoms with E-state index in [4.69, 9.17) is 0 Å². The first-order valence-electron chi connectivity index (χ1n) is 4.12. The highest BCUT2D eigenvalue weighted by Gasteiger charge is 2.49. The molecule has 0 bridgehead atoms. The van der Waals surface area contributed by atoms with Crippen molar-refractivity contribution < 1.29 is 4.79 Å². The smallest absolute Gasteiger partial charge is 0.226 e. The lowest BCUT2D eigenvalue weighted by atomic mass is 10.0. The third kappa shape index (κ3) is 0.825. The molecule has 0 aromatic heterocycles. The van der Waals surface area contributed by atoms with Crippen molar-refractivity contribution in [3.05, 3.63) is 0 Å². The maximum Gasteiger partial charge on any atom is 0.226 e. The van der Waals surface area contributed by atoms with Crippen LogP contribution in [-0.4, -0.2) is 12.5 Å². The summed E-state index contributed by atoms with van der Waals surface area (Å²) in [7, 11) is 0. The first-order chi connectivity index (χ1) is 4.83. The molecule has 0 aromatic carbocycles. The molecule has 2 nitrogen and oxygen atoms in total. The van der Waals surface area contributed by atoms with Crippen LogP contribution >= 0.6 is 0 Å². The lowest BCUT2D eigenvalue weighted by Gasteiger charge is -2.08. The van der Waals surface area contributed by atoms with Crippen LogP contribution in [0, 0.1) is 5.41 Å². The van der Waals surface area contributed by atoms with Gasteiger partial charge in [0.15, 0.2) is 0 Å². The number of carbonyl (C=O) groups excluding carboxylic acids is 1. The Hall–Kier alpha value is -0.530. The SMILES string of the molecule is O=C1NCCCCC12CC2. The zero-order valence-corrected chi connectivity index (χ0v) is 6.15. The van der Waals surface area contributed by atoms with E-state index in [9.17, 15) is 4.79 Å². The topological polar surface area (TPSA) is 29.1 Å². The van der Waals surface area contributed by atoms with E-state index in [1.165, 1.54) is 12.8 Å². The van der Waals surface area contributed by atoms with Crippen LogP contribution in [0.2, 0.25) is 0 Å². The molecule has 0 radical (unpaired) electrons. The van der Waals surface area contributed by atoms with Crippen molar-refractivity contribution in [3.8, 4) is 0 Å². The van der Waals surface area contributed by atoms with Gasteiger partial charge < -0.3 is 5.32 Å². The fourth-order valence-electron chi connectivity index (χ4n) is 1.72. The van der Waals surface area contributed by atoms with Gasteiger partial charge in [-0.3, -0.25) is 4.79 Å². The second-order valence-corrected chi connectivity index (χ2v) is 3.49. The molecule has 1 spiro atoms. The van der Waals surface area contributed by atoms with Gasteiger partial charge in [0.2, 0.25) is 5.91 Å². The molecule has 1 amide bonds. The molecule has 1 N–H and O–H groups in total. The predicted octanol–water partition coefficient (Wildman–Crippen LogP) is 1.07. The molecule has 2 fully saturated rings. The van der Waals surface area contributed by atoms with Crippen LogP contribution in [0.1, 0.15) is 32.1 Å². The third-order valence-electron chi connectivity index (χ3n) is 2.70. The van der Waals surface area contributed by atoms with Crippen molar-refractivity contribution in [1.29, 1.82) is 0 Å². The van der Waals surface area contributed by atoms with Crippen molar-refractivity contribution >= 4 is 5.91 Å². The maximum absolute atomic E-state index is 11.3. The number of carbonyl (C=O) groups is 1. The lowest BCUT2D eigenvalue weighted by molar-refractivity contribution is -0.125. The molecule has 0 unspecified atom stereocenters. The molecule has 0 aromatic rings. The number of rotatable bonds is 0. The molecule has 2 rings (SSSR count). The average Bonchev–Trinajstić information content (AvgIpc) is 2.69. The number of amides is 1. The zero-order valence-electron chi connectivity index (χ0n) is 6.15. The minimum atomic E-state index is 0.122. The van der Waals surface area contributed by atoms with E-state index in [1.54, 1.807) is 0 Å². The standard InChI is InChI=1S/C8H13NO/c10-7-8(4-5-8)3-1-2-6-9-7/h1-6H2,(H,9,10). The Balaban J connectivity index is 2.09. The second kappa shape index (κ2) is 1.97. The molecular weight excluding hydrogens is 126 g/mol. The Morgan fingerprint density at radius 1 is 1.20 bits per heavy atom.